The van der Waals surface area contributed by atoms with E-state index in [0.717, 1.165) is 22.2 Å². The Morgan fingerprint density at radius 1 is 1.20 bits per heavy atom. The van der Waals surface area contributed by atoms with Crippen LogP contribution in [0.4, 0.5) is 10.5 Å². The van der Waals surface area contributed by atoms with Crippen molar-refractivity contribution in [3.8, 4) is 11.5 Å². The summed E-state index contributed by atoms with van der Waals surface area (Å²) in [6.45, 7) is 3.04. The van der Waals surface area contributed by atoms with Crippen molar-refractivity contribution in [2.45, 2.75) is 26.6 Å². The molecule has 3 rings (SSSR count). The molecule has 1 fully saturated rings. The fraction of sp³-hybridized carbons (Fsp3) is 0.261. The summed E-state index contributed by atoms with van der Waals surface area (Å²) in [5, 5.41) is 10.2. The number of benzene rings is 2. The first-order valence-electron chi connectivity index (χ1n) is 10.3. The Hall–Kier alpha value is -3.38. The maximum atomic E-state index is 12.7. The van der Waals surface area contributed by atoms with Crippen LogP contribution in [0.1, 0.15) is 25.0 Å². The van der Waals surface area contributed by atoms with Crippen LogP contribution < -0.4 is 9.47 Å². The Kier molecular flexibility index (Phi) is 8.52. The van der Waals surface area contributed by atoms with Crippen LogP contribution in [0.25, 0.3) is 6.08 Å². The minimum Gasteiger partial charge on any atom is -0.493 e. The Bertz CT molecular complexity index is 1200. The van der Waals surface area contributed by atoms with E-state index in [1.807, 2.05) is 0 Å². The van der Waals surface area contributed by atoms with Crippen molar-refractivity contribution in [1.82, 2.24) is 4.90 Å². The van der Waals surface area contributed by atoms with E-state index in [1.54, 1.807) is 38.1 Å². The number of carbonyl (C=O) groups excluding carboxylic acids is 3. The van der Waals surface area contributed by atoms with Crippen LogP contribution in [-0.2, 0) is 20.9 Å². The van der Waals surface area contributed by atoms with E-state index in [9.17, 15) is 24.5 Å². The molecule has 1 saturated heterocycles. The number of amides is 2. The summed E-state index contributed by atoms with van der Waals surface area (Å²) in [6, 6.07) is 9.27. The summed E-state index contributed by atoms with van der Waals surface area (Å²) in [5.41, 5.74) is 1.27. The highest BCUT2D eigenvalue weighted by Gasteiger charge is 2.37. The van der Waals surface area contributed by atoms with E-state index in [2.05, 4.69) is 15.9 Å². The summed E-state index contributed by atoms with van der Waals surface area (Å²) in [5.74, 6) is -0.480. The molecule has 10 nitrogen and oxygen atoms in total. The van der Waals surface area contributed by atoms with Gasteiger partial charge in [0.15, 0.2) is 11.5 Å². The predicted octanol–water partition coefficient (Wildman–Crippen LogP) is 4.93. The zero-order valence-corrected chi connectivity index (χ0v) is 21.4. The van der Waals surface area contributed by atoms with Crippen LogP contribution in [0.15, 0.2) is 45.8 Å². The molecule has 0 N–H and O–H groups in total. The number of esters is 1. The number of methoxy groups -OCH3 is 1. The maximum absolute atomic E-state index is 12.7. The molecule has 1 aliphatic heterocycles. The lowest BCUT2D eigenvalue weighted by molar-refractivity contribution is -0.384. The molecule has 184 valence electrons. The van der Waals surface area contributed by atoms with Gasteiger partial charge in [0.1, 0.15) is 13.2 Å². The molecule has 0 aliphatic carbocycles. The Morgan fingerprint density at radius 3 is 2.49 bits per heavy atom. The maximum Gasteiger partial charge on any atom is 0.326 e. The topological polar surface area (TPSA) is 125 Å². The van der Waals surface area contributed by atoms with Gasteiger partial charge in [-0.3, -0.25) is 29.4 Å². The number of imide groups is 1. The van der Waals surface area contributed by atoms with Crippen molar-refractivity contribution < 1.29 is 33.5 Å². The number of hydrogen-bond donors (Lipinski definition) is 0. The molecule has 0 saturated carbocycles. The van der Waals surface area contributed by atoms with E-state index in [1.165, 1.54) is 25.3 Å². The Morgan fingerprint density at radius 2 is 1.89 bits per heavy atom. The number of nitro groups is 1. The first-order chi connectivity index (χ1) is 16.6. The molecule has 2 aromatic rings. The third-order valence-corrected chi connectivity index (χ3v) is 6.23. The van der Waals surface area contributed by atoms with Gasteiger partial charge in [0.2, 0.25) is 0 Å². The van der Waals surface area contributed by atoms with Gasteiger partial charge in [-0.1, -0.05) is 15.9 Å². The van der Waals surface area contributed by atoms with Crippen LogP contribution in [-0.4, -0.2) is 46.7 Å². The molecule has 12 heteroatoms. The van der Waals surface area contributed by atoms with Gasteiger partial charge in [0.25, 0.3) is 16.8 Å². The lowest BCUT2D eigenvalue weighted by Gasteiger charge is -2.14. The lowest BCUT2D eigenvalue weighted by atomic mass is 10.1. The molecule has 0 unspecified atom stereocenters. The first kappa shape index (κ1) is 26.2. The summed E-state index contributed by atoms with van der Waals surface area (Å²) >= 11 is 4.16. The van der Waals surface area contributed by atoms with Crippen molar-refractivity contribution in [2.75, 3.05) is 13.7 Å². The van der Waals surface area contributed by atoms with Crippen LogP contribution >= 0.6 is 27.7 Å². The monoisotopic (exact) mass is 564 g/mol. The largest absolute Gasteiger partial charge is 0.493 e. The molecule has 0 spiro atoms. The minimum atomic E-state index is -0.666. The zero-order chi connectivity index (χ0) is 25.7. The highest BCUT2D eigenvalue weighted by molar-refractivity contribution is 9.10. The Labute approximate surface area is 213 Å². The summed E-state index contributed by atoms with van der Waals surface area (Å²) in [6.07, 6.45) is 1.16. The van der Waals surface area contributed by atoms with Crippen molar-refractivity contribution in [3.05, 3.63) is 67.0 Å². The fourth-order valence-electron chi connectivity index (χ4n) is 3.02. The van der Waals surface area contributed by atoms with E-state index < -0.39 is 28.6 Å². The molecule has 2 amide bonds. The van der Waals surface area contributed by atoms with Gasteiger partial charge in [0.05, 0.1) is 23.0 Å². The quantitative estimate of drug-likeness (QED) is 0.180. The van der Waals surface area contributed by atoms with Gasteiger partial charge in [-0.05, 0) is 67.1 Å². The van der Waals surface area contributed by atoms with Gasteiger partial charge in [0, 0.05) is 16.6 Å². The molecule has 1 aliphatic rings. The second kappa shape index (κ2) is 11.4. The smallest absolute Gasteiger partial charge is 0.326 e. The minimum absolute atomic E-state index is 0.0142. The normalized spacial score (nSPS) is 14.5. The van der Waals surface area contributed by atoms with Crippen molar-refractivity contribution in [3.63, 3.8) is 0 Å². The number of nitrogens with zero attached hydrogens (tertiary/aromatic N) is 2. The highest BCUT2D eigenvalue weighted by Crippen LogP contribution is 2.38. The molecule has 1 heterocycles. The van der Waals surface area contributed by atoms with Crippen molar-refractivity contribution in [2.24, 2.45) is 0 Å². The highest BCUT2D eigenvalue weighted by atomic mass is 79.9. The van der Waals surface area contributed by atoms with E-state index in [-0.39, 0.29) is 23.3 Å². The average Bonchev–Trinajstić information content (AvgIpc) is 3.06. The molecule has 2 aromatic carbocycles. The van der Waals surface area contributed by atoms with Gasteiger partial charge >= 0.3 is 5.97 Å². The third-order valence-electron chi connectivity index (χ3n) is 4.64. The van der Waals surface area contributed by atoms with Gasteiger partial charge in [-0.25, -0.2) is 0 Å². The summed E-state index contributed by atoms with van der Waals surface area (Å²) in [4.78, 5) is 48.2. The number of hydrogen-bond acceptors (Lipinski definition) is 9. The van der Waals surface area contributed by atoms with Crippen LogP contribution in [0.3, 0.4) is 0 Å². The van der Waals surface area contributed by atoms with Gasteiger partial charge in [-0.2, -0.15) is 0 Å². The van der Waals surface area contributed by atoms with Crippen LogP contribution in [0.5, 0.6) is 11.5 Å². The molecule has 0 aromatic heterocycles. The van der Waals surface area contributed by atoms with Crippen molar-refractivity contribution >= 4 is 56.6 Å². The van der Waals surface area contributed by atoms with Gasteiger partial charge < -0.3 is 14.2 Å². The number of rotatable bonds is 9. The van der Waals surface area contributed by atoms with E-state index >= 15 is 0 Å². The first-order valence-corrected chi connectivity index (χ1v) is 11.9. The third kappa shape index (κ3) is 6.61. The number of carbonyl (C=O) groups is 3. The number of halogens is 1. The number of nitro benzene ring substituents is 1. The molecule has 0 radical (unpaired) electrons. The SMILES string of the molecule is COc1cc(/C=C2\SC(=O)N(CC(=O)OC(C)C)C2=O)c(Br)cc1OCc1ccc([N+](=O)[O-])cc1. The lowest BCUT2D eigenvalue weighted by Crippen LogP contribution is -2.35. The predicted molar refractivity (Wildman–Crippen MR) is 132 cm³/mol. The van der Waals surface area contributed by atoms with Crippen LogP contribution in [0, 0.1) is 10.1 Å². The van der Waals surface area contributed by atoms with Crippen molar-refractivity contribution in [1.29, 1.82) is 0 Å². The van der Waals surface area contributed by atoms with Gasteiger partial charge in [-0.15, -0.1) is 0 Å². The Balaban J connectivity index is 1.76. The van der Waals surface area contributed by atoms with E-state index in [4.69, 9.17) is 14.2 Å². The molecule has 0 bridgehead atoms. The second-order valence-electron chi connectivity index (χ2n) is 7.54. The summed E-state index contributed by atoms with van der Waals surface area (Å²) < 4.78 is 16.8. The number of non-ortho nitro benzene ring substituents is 1. The number of ether oxygens (including phenoxy) is 3. The zero-order valence-electron chi connectivity index (χ0n) is 19.0. The molecular weight excluding hydrogens is 544 g/mol. The fourth-order valence-corrected chi connectivity index (χ4v) is 4.28. The van der Waals surface area contributed by atoms with E-state index in [0.29, 0.717) is 21.5 Å². The average molecular weight is 565 g/mol. The number of thioether (sulfide) groups is 1. The molecular formula is C23H21BrN2O8S. The summed E-state index contributed by atoms with van der Waals surface area (Å²) in [7, 11) is 1.46. The second-order valence-corrected chi connectivity index (χ2v) is 9.39. The molecule has 0 atom stereocenters. The van der Waals surface area contributed by atoms with Crippen LogP contribution in [0.2, 0.25) is 0 Å². The standard InChI is InChI=1S/C23H21BrN2O8S/c1-13(2)34-21(27)11-25-22(28)20(35-23(25)29)9-15-8-18(32-3)19(10-17(15)24)33-12-14-4-6-16(7-5-14)26(30)31/h4-10,13H,11-12H2,1-3H3/b20-9-. The molecule has 35 heavy (non-hydrogen) atoms.